The summed E-state index contributed by atoms with van der Waals surface area (Å²) in [5, 5.41) is 7.22. The van der Waals surface area contributed by atoms with Crippen LogP contribution in [0.15, 0.2) is 36.7 Å². The minimum Gasteiger partial charge on any atom is -0.481 e. The highest BCUT2D eigenvalue weighted by molar-refractivity contribution is 6.13. The Labute approximate surface area is 180 Å². The summed E-state index contributed by atoms with van der Waals surface area (Å²) >= 11 is 0. The second-order valence-corrected chi connectivity index (χ2v) is 7.67. The number of ether oxygens (including phenoxy) is 2. The van der Waals surface area contributed by atoms with E-state index in [-0.39, 0.29) is 11.9 Å². The van der Waals surface area contributed by atoms with E-state index in [1.807, 2.05) is 6.07 Å². The van der Waals surface area contributed by atoms with Crippen molar-refractivity contribution in [3.8, 4) is 11.9 Å². The number of anilines is 2. The number of hydrogen-bond acceptors (Lipinski definition) is 8. The molecule has 31 heavy (non-hydrogen) atoms. The molecule has 1 fully saturated rings. The first-order valence-corrected chi connectivity index (χ1v) is 10.1. The fourth-order valence-electron chi connectivity index (χ4n) is 3.94. The predicted octanol–water partition coefficient (Wildman–Crippen LogP) is 2.48. The van der Waals surface area contributed by atoms with Crippen LogP contribution < -0.4 is 25.0 Å². The highest BCUT2D eigenvalue weighted by atomic mass is 16.5. The minimum absolute atomic E-state index is 0.215. The number of methoxy groups -OCH3 is 2. The lowest BCUT2D eigenvalue weighted by molar-refractivity contribution is 0.102. The molecular weight excluding hydrogens is 396 g/mol. The maximum absolute atomic E-state index is 13.1. The first kappa shape index (κ1) is 20.8. The quantitative estimate of drug-likeness (QED) is 0.647. The SMILES string of the molecule is COc1ccc(NC(=O)c2ccc(N3C[C@@H](C)N[C@@H](C)C3)c3cnc(OC)nc23)cn1. The number of fused-ring (bicyclic) bond motifs is 1. The Bertz CT molecular complexity index is 1080. The molecule has 0 bridgehead atoms. The molecule has 2 atom stereocenters. The van der Waals surface area contributed by atoms with Gasteiger partial charge in [0, 0.05) is 48.5 Å². The van der Waals surface area contributed by atoms with Gasteiger partial charge in [-0.15, -0.1) is 0 Å². The van der Waals surface area contributed by atoms with Crippen LogP contribution in [0, 0.1) is 0 Å². The number of carbonyl (C=O) groups excluding carboxylic acids is 1. The van der Waals surface area contributed by atoms with E-state index in [0.29, 0.717) is 34.7 Å². The molecule has 1 aliphatic heterocycles. The van der Waals surface area contributed by atoms with Gasteiger partial charge in [-0.2, -0.15) is 4.98 Å². The molecule has 1 saturated heterocycles. The maximum atomic E-state index is 13.1. The van der Waals surface area contributed by atoms with Crippen molar-refractivity contribution in [3.05, 3.63) is 42.2 Å². The third-order valence-electron chi connectivity index (χ3n) is 5.23. The smallest absolute Gasteiger partial charge is 0.316 e. The fourth-order valence-corrected chi connectivity index (χ4v) is 3.94. The summed E-state index contributed by atoms with van der Waals surface area (Å²) in [6, 6.07) is 8.10. The van der Waals surface area contributed by atoms with Crippen LogP contribution in [0.2, 0.25) is 0 Å². The number of benzene rings is 1. The average Bonchev–Trinajstić information content (AvgIpc) is 2.77. The number of nitrogens with one attached hydrogen (secondary N) is 2. The van der Waals surface area contributed by atoms with Gasteiger partial charge in [-0.3, -0.25) is 4.79 Å². The van der Waals surface area contributed by atoms with E-state index in [1.54, 1.807) is 37.7 Å². The largest absolute Gasteiger partial charge is 0.481 e. The number of nitrogens with zero attached hydrogens (tertiary/aromatic N) is 4. The zero-order chi connectivity index (χ0) is 22.0. The lowest BCUT2D eigenvalue weighted by atomic mass is 10.0. The molecule has 2 aromatic heterocycles. The molecule has 9 heteroatoms. The average molecular weight is 422 g/mol. The summed E-state index contributed by atoms with van der Waals surface area (Å²) < 4.78 is 10.3. The Morgan fingerprint density at radius 3 is 2.48 bits per heavy atom. The van der Waals surface area contributed by atoms with E-state index in [0.717, 1.165) is 24.2 Å². The molecule has 0 saturated carbocycles. The molecule has 1 aromatic carbocycles. The molecule has 1 amide bonds. The Balaban J connectivity index is 1.72. The molecule has 4 rings (SSSR count). The molecule has 162 valence electrons. The number of amides is 1. The van der Waals surface area contributed by atoms with Crippen molar-refractivity contribution in [2.45, 2.75) is 25.9 Å². The van der Waals surface area contributed by atoms with E-state index in [2.05, 4.69) is 44.3 Å². The number of piperazine rings is 1. The second-order valence-electron chi connectivity index (χ2n) is 7.67. The molecule has 0 unspecified atom stereocenters. The Hall–Kier alpha value is -3.46. The van der Waals surface area contributed by atoms with Gasteiger partial charge in [-0.05, 0) is 32.0 Å². The summed E-state index contributed by atoms with van der Waals surface area (Å²) in [6.07, 6.45) is 3.27. The normalized spacial score (nSPS) is 18.6. The molecule has 9 nitrogen and oxygen atoms in total. The third kappa shape index (κ3) is 4.36. The van der Waals surface area contributed by atoms with Crippen LogP contribution in [0.1, 0.15) is 24.2 Å². The molecule has 0 radical (unpaired) electrons. The molecule has 0 aliphatic carbocycles. The van der Waals surface area contributed by atoms with Crippen LogP contribution in [-0.2, 0) is 0 Å². The summed E-state index contributed by atoms with van der Waals surface area (Å²) in [7, 11) is 3.05. The van der Waals surface area contributed by atoms with Crippen molar-refractivity contribution in [2.24, 2.45) is 0 Å². The monoisotopic (exact) mass is 422 g/mol. The summed E-state index contributed by atoms with van der Waals surface area (Å²) in [4.78, 5) is 28.3. The van der Waals surface area contributed by atoms with Gasteiger partial charge in [0.05, 0.1) is 37.2 Å². The first-order valence-electron chi connectivity index (χ1n) is 10.1. The van der Waals surface area contributed by atoms with Crippen LogP contribution >= 0.6 is 0 Å². The van der Waals surface area contributed by atoms with Gasteiger partial charge in [0.15, 0.2) is 0 Å². The molecule has 2 N–H and O–H groups in total. The van der Waals surface area contributed by atoms with Crippen LogP contribution in [0.4, 0.5) is 11.4 Å². The zero-order valence-corrected chi connectivity index (χ0v) is 18.0. The molecular formula is C22H26N6O3. The van der Waals surface area contributed by atoms with E-state index in [1.165, 1.54) is 7.11 Å². The van der Waals surface area contributed by atoms with Crippen LogP contribution in [-0.4, -0.2) is 60.3 Å². The lowest BCUT2D eigenvalue weighted by Crippen LogP contribution is -2.54. The zero-order valence-electron chi connectivity index (χ0n) is 18.0. The maximum Gasteiger partial charge on any atom is 0.316 e. The van der Waals surface area contributed by atoms with Crippen molar-refractivity contribution in [3.63, 3.8) is 0 Å². The number of carbonyl (C=O) groups is 1. The van der Waals surface area contributed by atoms with Crippen molar-refractivity contribution >= 4 is 28.2 Å². The topological polar surface area (TPSA) is 102 Å². The third-order valence-corrected chi connectivity index (χ3v) is 5.23. The number of aromatic nitrogens is 3. The predicted molar refractivity (Wildman–Crippen MR) is 119 cm³/mol. The van der Waals surface area contributed by atoms with Gasteiger partial charge >= 0.3 is 6.01 Å². The molecule has 3 aromatic rings. The van der Waals surface area contributed by atoms with E-state index in [9.17, 15) is 4.79 Å². The Kier molecular flexibility index (Phi) is 5.85. The number of pyridine rings is 1. The Morgan fingerprint density at radius 2 is 1.84 bits per heavy atom. The van der Waals surface area contributed by atoms with E-state index < -0.39 is 0 Å². The van der Waals surface area contributed by atoms with E-state index >= 15 is 0 Å². The van der Waals surface area contributed by atoms with Crippen molar-refractivity contribution < 1.29 is 14.3 Å². The van der Waals surface area contributed by atoms with Crippen molar-refractivity contribution in [1.29, 1.82) is 0 Å². The summed E-state index contributed by atoms with van der Waals surface area (Å²) in [5.74, 6) is 0.191. The van der Waals surface area contributed by atoms with Crippen molar-refractivity contribution in [2.75, 3.05) is 37.5 Å². The van der Waals surface area contributed by atoms with Gasteiger partial charge in [0.2, 0.25) is 5.88 Å². The second kappa shape index (κ2) is 8.73. The fraction of sp³-hybridized carbons (Fsp3) is 0.364. The highest BCUT2D eigenvalue weighted by Gasteiger charge is 2.24. The lowest BCUT2D eigenvalue weighted by Gasteiger charge is -2.38. The highest BCUT2D eigenvalue weighted by Crippen LogP contribution is 2.31. The number of rotatable bonds is 5. The minimum atomic E-state index is -0.286. The van der Waals surface area contributed by atoms with Crippen LogP contribution in [0.3, 0.4) is 0 Å². The van der Waals surface area contributed by atoms with Gasteiger partial charge in [-0.1, -0.05) is 0 Å². The van der Waals surface area contributed by atoms with Crippen LogP contribution in [0.5, 0.6) is 11.9 Å². The number of hydrogen-bond donors (Lipinski definition) is 2. The van der Waals surface area contributed by atoms with Crippen molar-refractivity contribution in [1.82, 2.24) is 20.3 Å². The standard InChI is InChI=1S/C22H26N6O3/c1-13-11-28(12-14(2)25-13)18-7-6-16(20-17(18)10-24-22(27-20)31-4)21(29)26-15-5-8-19(30-3)23-9-15/h5-10,13-14,25H,11-12H2,1-4H3,(H,26,29)/t13-,14+. The first-order chi connectivity index (χ1) is 15.0. The van der Waals surface area contributed by atoms with Crippen LogP contribution in [0.25, 0.3) is 10.9 Å². The summed E-state index contributed by atoms with van der Waals surface area (Å²) in [6.45, 7) is 6.03. The summed E-state index contributed by atoms with van der Waals surface area (Å²) in [5.41, 5.74) is 2.54. The molecule has 1 aliphatic rings. The van der Waals surface area contributed by atoms with Gasteiger partial charge in [0.25, 0.3) is 5.91 Å². The Morgan fingerprint density at radius 1 is 1.06 bits per heavy atom. The van der Waals surface area contributed by atoms with Gasteiger partial charge in [-0.25, -0.2) is 9.97 Å². The van der Waals surface area contributed by atoms with Gasteiger partial charge < -0.3 is 25.0 Å². The van der Waals surface area contributed by atoms with Gasteiger partial charge in [0.1, 0.15) is 0 Å². The molecule has 0 spiro atoms. The van der Waals surface area contributed by atoms with E-state index in [4.69, 9.17) is 9.47 Å². The molecule has 3 heterocycles.